The van der Waals surface area contributed by atoms with Crippen molar-refractivity contribution >= 4 is 11.0 Å². The van der Waals surface area contributed by atoms with Crippen LogP contribution in [0.15, 0.2) is 39.5 Å². The molecule has 0 radical (unpaired) electrons. The van der Waals surface area contributed by atoms with Gasteiger partial charge in [-0.05, 0) is 25.1 Å². The Labute approximate surface area is 312 Å². The minimum Gasteiger partial charge on any atom is -0.491 e. The normalized spacial score (nSPS) is 28.2. The van der Waals surface area contributed by atoms with Gasteiger partial charge in [0.25, 0.3) is 0 Å². The van der Waals surface area contributed by atoms with Crippen molar-refractivity contribution in [2.75, 3.05) is 59.5 Å². The van der Waals surface area contributed by atoms with Gasteiger partial charge in [0.2, 0.25) is 17.5 Å². The molecule has 0 saturated carbocycles. The molecule has 2 fully saturated rings. The first kappa shape index (κ1) is 42.3. The maximum absolute atomic E-state index is 14.5. The van der Waals surface area contributed by atoms with Crippen LogP contribution in [0.3, 0.4) is 0 Å². The zero-order chi connectivity index (χ0) is 39.8. The number of hydrogen-bond acceptors (Lipinski definition) is 20. The summed E-state index contributed by atoms with van der Waals surface area (Å²) in [4.78, 5) is 14.5. The van der Waals surface area contributed by atoms with Crippen LogP contribution in [0, 0.1) is 0 Å². The van der Waals surface area contributed by atoms with Crippen molar-refractivity contribution in [3.05, 3.63) is 40.6 Å². The Balaban J connectivity index is 1.58. The Morgan fingerprint density at radius 3 is 1.91 bits per heavy atom. The number of hydrogen-bond donors (Lipinski definition) is 10. The summed E-state index contributed by atoms with van der Waals surface area (Å²) in [6, 6.07) is 6.91. The van der Waals surface area contributed by atoms with Crippen molar-refractivity contribution in [3.8, 4) is 40.1 Å². The van der Waals surface area contributed by atoms with Crippen LogP contribution in [0.5, 0.6) is 28.7 Å². The maximum Gasteiger partial charge on any atom is 0.239 e. The number of fused-ring (bicyclic) bond motifs is 1. The molecular weight excluding hydrogens is 740 g/mol. The SMILES string of the molecule is C[C@H]1O[C@H](OC[C@@H]2O[C@H](Oc3c(-c4ccc(OCCO)c(OCCO)c4)oc4cc(OCCO)cc(OCCO)c4c3=O)[C@@H](O)[C@H](O)[C@H]2O)[C@@H](O)[C@@H](O)[C@@H]1O. The van der Waals surface area contributed by atoms with Crippen molar-refractivity contribution < 1.29 is 93.4 Å². The summed E-state index contributed by atoms with van der Waals surface area (Å²) in [6.07, 6.45) is -16.3. The highest BCUT2D eigenvalue weighted by Gasteiger charge is 2.48. The lowest BCUT2D eigenvalue weighted by Crippen LogP contribution is -2.61. The van der Waals surface area contributed by atoms with Crippen molar-refractivity contribution in [1.29, 1.82) is 0 Å². The van der Waals surface area contributed by atoms with Crippen LogP contribution in [0.4, 0.5) is 0 Å². The average molecular weight is 787 g/mol. The quantitative estimate of drug-likeness (QED) is 0.0613. The molecule has 0 bridgehead atoms. The molecule has 0 spiro atoms. The number of rotatable bonds is 18. The van der Waals surface area contributed by atoms with Crippen molar-refractivity contribution in [2.45, 2.75) is 68.3 Å². The molecule has 10 atom stereocenters. The van der Waals surface area contributed by atoms with Gasteiger partial charge in [0, 0.05) is 17.7 Å². The topological polar surface area (TPSA) is 306 Å². The zero-order valence-electron chi connectivity index (χ0n) is 29.6. The van der Waals surface area contributed by atoms with E-state index >= 15 is 0 Å². The third-order valence-corrected chi connectivity index (χ3v) is 8.64. The Bertz CT molecular complexity index is 1750. The van der Waals surface area contributed by atoms with Crippen molar-refractivity contribution in [3.63, 3.8) is 0 Å². The molecule has 20 nitrogen and oxygen atoms in total. The fourth-order valence-corrected chi connectivity index (χ4v) is 5.86. The highest BCUT2D eigenvalue weighted by molar-refractivity contribution is 5.89. The molecule has 1 aromatic heterocycles. The highest BCUT2D eigenvalue weighted by Crippen LogP contribution is 2.41. The average Bonchev–Trinajstić information content (AvgIpc) is 3.18. The Kier molecular flexibility index (Phi) is 14.9. The first-order valence-electron chi connectivity index (χ1n) is 17.3. The maximum atomic E-state index is 14.5. The predicted molar refractivity (Wildman–Crippen MR) is 184 cm³/mol. The summed E-state index contributed by atoms with van der Waals surface area (Å²) in [5.74, 6) is -0.686. The molecule has 2 aromatic carbocycles. The van der Waals surface area contributed by atoms with Gasteiger partial charge in [-0.1, -0.05) is 0 Å². The Morgan fingerprint density at radius 1 is 0.636 bits per heavy atom. The molecule has 55 heavy (non-hydrogen) atoms. The molecule has 5 rings (SSSR count). The van der Waals surface area contributed by atoms with Crippen LogP contribution in [-0.4, -0.2) is 172 Å². The summed E-state index contributed by atoms with van der Waals surface area (Å²) in [6.45, 7) is -1.34. The zero-order valence-corrected chi connectivity index (χ0v) is 29.6. The number of ether oxygens (including phenoxy) is 8. The molecule has 3 heterocycles. The van der Waals surface area contributed by atoms with Gasteiger partial charge in [-0.15, -0.1) is 0 Å². The van der Waals surface area contributed by atoms with E-state index < -0.39 is 85.8 Å². The molecule has 306 valence electrons. The van der Waals surface area contributed by atoms with Crippen LogP contribution < -0.4 is 29.1 Å². The number of benzene rings is 2. The predicted octanol–water partition coefficient (Wildman–Crippen LogP) is -3.03. The van der Waals surface area contributed by atoms with Gasteiger partial charge in [-0.25, -0.2) is 0 Å². The second-order valence-corrected chi connectivity index (χ2v) is 12.5. The molecule has 2 aliphatic rings. The van der Waals surface area contributed by atoms with Crippen molar-refractivity contribution in [1.82, 2.24) is 0 Å². The van der Waals surface area contributed by atoms with Gasteiger partial charge in [-0.2, -0.15) is 0 Å². The van der Waals surface area contributed by atoms with E-state index in [1.54, 1.807) is 0 Å². The monoisotopic (exact) mass is 786 g/mol. The smallest absolute Gasteiger partial charge is 0.239 e. The van der Waals surface area contributed by atoms with Gasteiger partial charge >= 0.3 is 0 Å². The van der Waals surface area contributed by atoms with Crippen molar-refractivity contribution in [2.24, 2.45) is 0 Å². The van der Waals surface area contributed by atoms with Gasteiger partial charge in [0.1, 0.15) is 91.6 Å². The van der Waals surface area contributed by atoms with E-state index in [1.165, 1.54) is 37.3 Å². The summed E-state index contributed by atoms with van der Waals surface area (Å²) in [5, 5.41) is 101. The second kappa shape index (κ2) is 19.3. The second-order valence-electron chi connectivity index (χ2n) is 12.5. The Morgan fingerprint density at radius 2 is 1.24 bits per heavy atom. The molecule has 10 N–H and O–H groups in total. The van der Waals surface area contributed by atoms with E-state index in [1.807, 2.05) is 0 Å². The molecular formula is C35H46O20. The third-order valence-electron chi connectivity index (χ3n) is 8.64. The molecule has 2 saturated heterocycles. The van der Waals surface area contributed by atoms with Gasteiger partial charge < -0.3 is 93.4 Å². The van der Waals surface area contributed by atoms with Crippen LogP contribution in [0.25, 0.3) is 22.3 Å². The summed E-state index contributed by atoms with van der Waals surface area (Å²) in [7, 11) is 0. The fourth-order valence-electron chi connectivity index (χ4n) is 5.86. The highest BCUT2D eigenvalue weighted by atomic mass is 16.7. The van der Waals surface area contributed by atoms with Crippen LogP contribution in [0.1, 0.15) is 6.92 Å². The van der Waals surface area contributed by atoms with Gasteiger partial charge in [-0.3, -0.25) is 4.79 Å². The minimum atomic E-state index is -1.99. The fraction of sp³-hybridized carbons (Fsp3) is 0.571. The first-order chi connectivity index (χ1) is 26.4. The minimum absolute atomic E-state index is 0.0597. The summed E-state index contributed by atoms with van der Waals surface area (Å²) >= 11 is 0. The van der Waals surface area contributed by atoms with E-state index in [-0.39, 0.29) is 91.5 Å². The number of aliphatic hydroxyl groups is 10. The van der Waals surface area contributed by atoms with Crippen LogP contribution in [-0.2, 0) is 14.2 Å². The summed E-state index contributed by atoms with van der Waals surface area (Å²) in [5.41, 5.74) is -0.906. The lowest BCUT2D eigenvalue weighted by Gasteiger charge is -2.42. The lowest BCUT2D eigenvalue weighted by molar-refractivity contribution is -0.318. The Hall–Kier alpha value is -3.87. The third kappa shape index (κ3) is 9.57. The summed E-state index contributed by atoms with van der Waals surface area (Å²) < 4.78 is 51.4. The van der Waals surface area contributed by atoms with E-state index in [2.05, 4.69) is 0 Å². The van der Waals surface area contributed by atoms with Gasteiger partial charge in [0.15, 0.2) is 23.5 Å². The van der Waals surface area contributed by atoms with E-state index in [0.717, 1.165) is 0 Å². The van der Waals surface area contributed by atoms with Crippen LogP contribution >= 0.6 is 0 Å². The van der Waals surface area contributed by atoms with Crippen LogP contribution in [0.2, 0.25) is 0 Å². The van der Waals surface area contributed by atoms with E-state index in [0.29, 0.717) is 0 Å². The molecule has 3 aromatic rings. The van der Waals surface area contributed by atoms with Gasteiger partial charge in [0.05, 0.1) is 39.1 Å². The van der Waals surface area contributed by atoms with E-state index in [9.17, 15) is 55.9 Å². The first-order valence-corrected chi connectivity index (χ1v) is 17.3. The standard InChI is InChI=1S/C35H46O20/c1-16-25(40)28(43)30(45)34(52-16)51-15-23-26(41)29(44)31(46)35(54-23)55-33-27(42)24-21(50-11-7-39)13-18(47-8-4-36)14-22(24)53-32(33)17-2-3-19(48-9-5-37)20(12-17)49-10-6-38/h2-3,12-14,16,23,25-26,28-31,34-41,43-46H,4-11,15H2,1H3/t16-,23+,25-,26+,28+,29-,30+,31+,34+,35-/m1/s1. The largest absolute Gasteiger partial charge is 0.491 e. The number of aliphatic hydroxyl groups excluding tert-OH is 10. The molecule has 0 aliphatic carbocycles. The van der Waals surface area contributed by atoms with E-state index in [4.69, 9.17) is 42.3 Å². The molecule has 0 unspecified atom stereocenters. The lowest BCUT2D eigenvalue weighted by atomic mass is 9.98. The molecule has 0 amide bonds. The molecule has 20 heteroatoms. The molecule has 2 aliphatic heterocycles.